The van der Waals surface area contributed by atoms with Gasteiger partial charge in [-0.15, -0.1) is 10.2 Å². The summed E-state index contributed by atoms with van der Waals surface area (Å²) in [6, 6.07) is 5.76. The molecular weight excluding hydrogens is 274 g/mol. The lowest BCUT2D eigenvalue weighted by atomic mass is 10.3. The van der Waals surface area contributed by atoms with Crippen LogP contribution in [0.3, 0.4) is 0 Å². The number of carbonyl (C=O) groups is 1. The predicted octanol–water partition coefficient (Wildman–Crippen LogP) is 0.595. The average Bonchev–Trinajstić information content (AvgIpc) is 2.89. The number of pyridine rings is 1. The van der Waals surface area contributed by atoms with Gasteiger partial charge in [0, 0.05) is 32.4 Å². The number of amides is 1. The van der Waals surface area contributed by atoms with Gasteiger partial charge in [-0.1, -0.05) is 17.8 Å². The molecule has 0 N–H and O–H groups in total. The first-order chi connectivity index (χ1) is 9.74. The normalized spacial score (nSPS) is 16.8. The molecule has 7 heteroatoms. The fourth-order valence-electron chi connectivity index (χ4n) is 2.19. The van der Waals surface area contributed by atoms with Crippen LogP contribution in [0.2, 0.25) is 0 Å². The molecule has 0 bridgehead atoms. The zero-order valence-electron chi connectivity index (χ0n) is 11.4. The summed E-state index contributed by atoms with van der Waals surface area (Å²) >= 11 is 1.44. The van der Waals surface area contributed by atoms with Crippen molar-refractivity contribution >= 4 is 23.3 Å². The van der Waals surface area contributed by atoms with Gasteiger partial charge in [-0.3, -0.25) is 9.20 Å². The zero-order valence-corrected chi connectivity index (χ0v) is 12.2. The Bertz CT molecular complexity index is 606. The van der Waals surface area contributed by atoms with Gasteiger partial charge in [0.2, 0.25) is 5.91 Å². The molecule has 1 aliphatic rings. The summed E-state index contributed by atoms with van der Waals surface area (Å²) < 4.78 is 1.90. The van der Waals surface area contributed by atoms with Crippen LogP contribution in [-0.2, 0) is 4.79 Å². The van der Waals surface area contributed by atoms with E-state index in [9.17, 15) is 4.79 Å². The molecule has 0 atom stereocenters. The number of piperazine rings is 1. The van der Waals surface area contributed by atoms with Crippen LogP contribution in [0.5, 0.6) is 0 Å². The summed E-state index contributed by atoms with van der Waals surface area (Å²) in [5.74, 6) is 0.593. The third-order valence-corrected chi connectivity index (χ3v) is 4.39. The van der Waals surface area contributed by atoms with Crippen molar-refractivity contribution in [1.29, 1.82) is 0 Å². The van der Waals surface area contributed by atoms with Gasteiger partial charge in [-0.25, -0.2) is 0 Å². The maximum Gasteiger partial charge on any atom is 0.233 e. The van der Waals surface area contributed by atoms with E-state index in [1.165, 1.54) is 11.8 Å². The maximum atomic E-state index is 12.2. The van der Waals surface area contributed by atoms with Gasteiger partial charge >= 0.3 is 0 Å². The Morgan fingerprint density at radius 1 is 1.25 bits per heavy atom. The fourth-order valence-corrected chi connectivity index (χ4v) is 3.02. The lowest BCUT2D eigenvalue weighted by Gasteiger charge is -2.32. The van der Waals surface area contributed by atoms with E-state index in [4.69, 9.17) is 0 Å². The minimum Gasteiger partial charge on any atom is -0.339 e. The number of thioether (sulfide) groups is 1. The SMILES string of the molecule is CN1CCN(C(=O)CSc2nnc3ccccn23)CC1. The van der Waals surface area contributed by atoms with E-state index in [0.29, 0.717) is 5.75 Å². The van der Waals surface area contributed by atoms with Crippen LogP contribution < -0.4 is 0 Å². The predicted molar refractivity (Wildman–Crippen MR) is 77.8 cm³/mol. The lowest BCUT2D eigenvalue weighted by molar-refractivity contribution is -0.129. The lowest BCUT2D eigenvalue weighted by Crippen LogP contribution is -2.47. The molecule has 106 valence electrons. The van der Waals surface area contributed by atoms with Crippen molar-refractivity contribution in [2.75, 3.05) is 39.0 Å². The summed E-state index contributed by atoms with van der Waals surface area (Å²) in [5.41, 5.74) is 0.807. The van der Waals surface area contributed by atoms with E-state index in [1.807, 2.05) is 33.7 Å². The first-order valence-electron chi connectivity index (χ1n) is 6.63. The molecule has 1 aliphatic heterocycles. The molecule has 3 heterocycles. The summed E-state index contributed by atoms with van der Waals surface area (Å²) in [6.07, 6.45) is 1.91. The number of hydrogen-bond acceptors (Lipinski definition) is 5. The minimum atomic E-state index is 0.177. The fraction of sp³-hybridized carbons (Fsp3) is 0.462. The Kier molecular flexibility index (Phi) is 3.88. The van der Waals surface area contributed by atoms with Gasteiger partial charge in [0.05, 0.1) is 5.75 Å². The van der Waals surface area contributed by atoms with Crippen molar-refractivity contribution in [2.45, 2.75) is 5.16 Å². The van der Waals surface area contributed by atoms with E-state index in [1.54, 1.807) is 0 Å². The Morgan fingerprint density at radius 3 is 2.85 bits per heavy atom. The van der Waals surface area contributed by atoms with Crippen molar-refractivity contribution in [3.63, 3.8) is 0 Å². The van der Waals surface area contributed by atoms with Gasteiger partial charge in [-0.05, 0) is 19.2 Å². The number of hydrogen-bond donors (Lipinski definition) is 0. The molecule has 0 radical (unpaired) electrons. The van der Waals surface area contributed by atoms with Crippen molar-refractivity contribution in [2.24, 2.45) is 0 Å². The highest BCUT2D eigenvalue weighted by molar-refractivity contribution is 7.99. The van der Waals surface area contributed by atoms with E-state index < -0.39 is 0 Å². The van der Waals surface area contributed by atoms with Gasteiger partial charge in [0.25, 0.3) is 0 Å². The molecule has 20 heavy (non-hydrogen) atoms. The summed E-state index contributed by atoms with van der Waals surface area (Å²) in [6.45, 7) is 3.53. The molecule has 0 aromatic carbocycles. The average molecular weight is 291 g/mol. The first kappa shape index (κ1) is 13.4. The van der Waals surface area contributed by atoms with E-state index in [-0.39, 0.29) is 5.91 Å². The maximum absolute atomic E-state index is 12.2. The third-order valence-electron chi connectivity index (χ3n) is 3.46. The van der Waals surface area contributed by atoms with Crippen molar-refractivity contribution in [3.05, 3.63) is 24.4 Å². The van der Waals surface area contributed by atoms with Crippen LogP contribution in [0, 0.1) is 0 Å². The largest absolute Gasteiger partial charge is 0.339 e. The number of carbonyl (C=O) groups excluding carboxylic acids is 1. The molecule has 1 saturated heterocycles. The Morgan fingerprint density at radius 2 is 2.05 bits per heavy atom. The quantitative estimate of drug-likeness (QED) is 0.775. The first-order valence-corrected chi connectivity index (χ1v) is 7.61. The smallest absolute Gasteiger partial charge is 0.233 e. The van der Waals surface area contributed by atoms with Crippen LogP contribution in [0.25, 0.3) is 5.65 Å². The monoisotopic (exact) mass is 291 g/mol. The summed E-state index contributed by atoms with van der Waals surface area (Å²) in [7, 11) is 2.08. The summed E-state index contributed by atoms with van der Waals surface area (Å²) in [4.78, 5) is 16.3. The molecule has 0 spiro atoms. The highest BCUT2D eigenvalue weighted by Gasteiger charge is 2.19. The van der Waals surface area contributed by atoms with Crippen LogP contribution in [0.15, 0.2) is 29.6 Å². The Hall–Kier alpha value is -1.60. The third kappa shape index (κ3) is 2.78. The standard InChI is InChI=1S/C13H17N5OS/c1-16-6-8-17(9-7-16)12(19)10-20-13-15-14-11-4-2-3-5-18(11)13/h2-5H,6-10H2,1H3. The second-order valence-electron chi connectivity index (χ2n) is 4.88. The highest BCUT2D eigenvalue weighted by atomic mass is 32.2. The number of aromatic nitrogens is 3. The minimum absolute atomic E-state index is 0.177. The van der Waals surface area contributed by atoms with Crippen molar-refractivity contribution in [3.8, 4) is 0 Å². The molecule has 1 amide bonds. The van der Waals surface area contributed by atoms with Gasteiger partial charge in [0.15, 0.2) is 10.8 Å². The molecule has 2 aromatic heterocycles. The van der Waals surface area contributed by atoms with E-state index >= 15 is 0 Å². The molecule has 3 rings (SSSR count). The topological polar surface area (TPSA) is 53.7 Å². The molecular formula is C13H17N5OS. The van der Waals surface area contributed by atoms with Gasteiger partial charge < -0.3 is 9.80 Å². The summed E-state index contributed by atoms with van der Waals surface area (Å²) in [5, 5.41) is 8.97. The van der Waals surface area contributed by atoms with Crippen LogP contribution >= 0.6 is 11.8 Å². The van der Waals surface area contributed by atoms with Gasteiger partial charge in [-0.2, -0.15) is 0 Å². The number of rotatable bonds is 3. The van der Waals surface area contributed by atoms with Crippen LogP contribution in [-0.4, -0.2) is 69.3 Å². The molecule has 1 fully saturated rings. The Balaban J connectivity index is 1.60. The zero-order chi connectivity index (χ0) is 13.9. The van der Waals surface area contributed by atoms with E-state index in [2.05, 4.69) is 22.1 Å². The number of likely N-dealkylation sites (N-methyl/N-ethyl adjacent to an activating group) is 1. The van der Waals surface area contributed by atoms with Gasteiger partial charge in [0.1, 0.15) is 0 Å². The highest BCUT2D eigenvalue weighted by Crippen LogP contribution is 2.17. The second-order valence-corrected chi connectivity index (χ2v) is 5.83. The molecule has 0 unspecified atom stereocenters. The Labute approximate surface area is 121 Å². The molecule has 2 aromatic rings. The number of fused-ring (bicyclic) bond motifs is 1. The molecule has 0 saturated carbocycles. The van der Waals surface area contributed by atoms with Crippen molar-refractivity contribution < 1.29 is 4.79 Å². The number of nitrogens with zero attached hydrogens (tertiary/aromatic N) is 5. The van der Waals surface area contributed by atoms with E-state index in [0.717, 1.165) is 37.0 Å². The van der Waals surface area contributed by atoms with Crippen LogP contribution in [0.1, 0.15) is 0 Å². The van der Waals surface area contributed by atoms with Crippen LogP contribution in [0.4, 0.5) is 0 Å². The van der Waals surface area contributed by atoms with Crippen molar-refractivity contribution in [1.82, 2.24) is 24.4 Å². The molecule has 0 aliphatic carbocycles. The second kappa shape index (κ2) is 5.80. The molecule has 6 nitrogen and oxygen atoms in total.